The molecule has 11 rings (SSSR count). The fraction of sp³-hybridized carbons (Fsp3) is 0. The van der Waals surface area contributed by atoms with Gasteiger partial charge in [-0.2, -0.15) is 0 Å². The van der Waals surface area contributed by atoms with Crippen LogP contribution in [0.15, 0.2) is 179 Å². The number of furan rings is 2. The maximum atomic E-state index is 6.84. The molecule has 0 saturated heterocycles. The summed E-state index contributed by atoms with van der Waals surface area (Å²) >= 11 is 0. The van der Waals surface area contributed by atoms with Crippen LogP contribution in [0.4, 0.5) is 0 Å². The molecule has 232 valence electrons. The highest BCUT2D eigenvalue weighted by atomic mass is 16.3. The lowest BCUT2D eigenvalue weighted by molar-refractivity contribution is 0.616. The second-order valence-corrected chi connectivity index (χ2v) is 13.2. The molecule has 0 aliphatic heterocycles. The topological polar surface area (TPSA) is 26.3 Å². The molecule has 0 aliphatic carbocycles. The van der Waals surface area contributed by atoms with Crippen molar-refractivity contribution in [1.29, 1.82) is 0 Å². The molecule has 0 aliphatic rings. The molecule has 50 heavy (non-hydrogen) atoms. The molecule has 0 spiro atoms. The van der Waals surface area contributed by atoms with Crippen molar-refractivity contribution in [1.82, 2.24) is 0 Å². The highest BCUT2D eigenvalue weighted by Gasteiger charge is 2.21. The predicted octanol–water partition coefficient (Wildman–Crippen LogP) is 13.9. The van der Waals surface area contributed by atoms with Gasteiger partial charge in [-0.25, -0.2) is 0 Å². The summed E-state index contributed by atoms with van der Waals surface area (Å²) < 4.78 is 13.0. The van der Waals surface area contributed by atoms with Crippen LogP contribution in [-0.2, 0) is 0 Å². The van der Waals surface area contributed by atoms with Gasteiger partial charge in [0.1, 0.15) is 16.7 Å². The quantitative estimate of drug-likeness (QED) is 0.180. The SMILES string of the molecule is c1ccc2cc(-c3coc4ccc5c6ccc(-c7c8ccccc8c(-c8cccc9ccccc89)c8ccccc78)cc6oc5c34)ccc2c1. The summed E-state index contributed by atoms with van der Waals surface area (Å²) in [7, 11) is 0. The van der Waals surface area contributed by atoms with Gasteiger partial charge in [0, 0.05) is 16.3 Å². The Morgan fingerprint density at radius 2 is 0.960 bits per heavy atom. The Hall–Kier alpha value is -6.64. The van der Waals surface area contributed by atoms with Crippen LogP contribution in [0.1, 0.15) is 0 Å². The summed E-state index contributed by atoms with van der Waals surface area (Å²) in [4.78, 5) is 0. The maximum absolute atomic E-state index is 6.84. The van der Waals surface area contributed by atoms with E-state index in [0.29, 0.717) is 0 Å². The van der Waals surface area contributed by atoms with Crippen LogP contribution in [0.3, 0.4) is 0 Å². The molecular weight excluding hydrogens is 609 g/mol. The molecule has 0 atom stereocenters. The van der Waals surface area contributed by atoms with Crippen LogP contribution < -0.4 is 0 Å². The van der Waals surface area contributed by atoms with E-state index in [1.807, 2.05) is 6.26 Å². The normalized spacial score (nSPS) is 12.0. The van der Waals surface area contributed by atoms with Gasteiger partial charge in [0.05, 0.1) is 11.6 Å². The monoisotopic (exact) mass is 636 g/mol. The van der Waals surface area contributed by atoms with Gasteiger partial charge in [0.2, 0.25) is 0 Å². The first-order valence-corrected chi connectivity index (χ1v) is 17.1. The van der Waals surface area contributed by atoms with Gasteiger partial charge in [-0.05, 0) is 101 Å². The lowest BCUT2D eigenvalue weighted by Gasteiger charge is -2.18. The van der Waals surface area contributed by atoms with Gasteiger partial charge in [0.15, 0.2) is 0 Å². The molecule has 0 amide bonds. The van der Waals surface area contributed by atoms with E-state index >= 15 is 0 Å². The van der Waals surface area contributed by atoms with Crippen molar-refractivity contribution in [2.75, 3.05) is 0 Å². The lowest BCUT2D eigenvalue weighted by atomic mass is 9.84. The predicted molar refractivity (Wildman–Crippen MR) is 210 cm³/mol. The first-order chi connectivity index (χ1) is 24.8. The largest absolute Gasteiger partial charge is 0.464 e. The van der Waals surface area contributed by atoms with Crippen molar-refractivity contribution in [2.45, 2.75) is 0 Å². The van der Waals surface area contributed by atoms with E-state index in [9.17, 15) is 0 Å². The van der Waals surface area contributed by atoms with Gasteiger partial charge in [-0.3, -0.25) is 0 Å². The Morgan fingerprint density at radius 1 is 0.340 bits per heavy atom. The Kier molecular flexibility index (Phi) is 5.70. The average molecular weight is 637 g/mol. The third-order valence-corrected chi connectivity index (χ3v) is 10.5. The van der Waals surface area contributed by atoms with Crippen molar-refractivity contribution in [3.63, 3.8) is 0 Å². The van der Waals surface area contributed by atoms with Crippen LogP contribution in [0.5, 0.6) is 0 Å². The number of rotatable bonds is 3. The summed E-state index contributed by atoms with van der Waals surface area (Å²) in [5, 5.41) is 13.0. The number of benzene rings is 9. The lowest BCUT2D eigenvalue weighted by Crippen LogP contribution is -1.91. The van der Waals surface area contributed by atoms with Gasteiger partial charge >= 0.3 is 0 Å². The molecule has 2 aromatic heterocycles. The number of hydrogen-bond donors (Lipinski definition) is 0. The molecule has 0 bridgehead atoms. The molecule has 2 heteroatoms. The molecule has 2 nitrogen and oxygen atoms in total. The Bertz CT molecular complexity index is 3090. The molecule has 0 saturated carbocycles. The van der Waals surface area contributed by atoms with Crippen molar-refractivity contribution in [3.8, 4) is 33.4 Å². The minimum atomic E-state index is 0.820. The molecule has 0 radical (unpaired) electrons. The van der Waals surface area contributed by atoms with Crippen LogP contribution in [0.25, 0.3) is 109 Å². The summed E-state index contributed by atoms with van der Waals surface area (Å²) in [5.74, 6) is 0. The zero-order valence-corrected chi connectivity index (χ0v) is 27.0. The van der Waals surface area contributed by atoms with Gasteiger partial charge < -0.3 is 8.83 Å². The molecule has 0 unspecified atom stereocenters. The van der Waals surface area contributed by atoms with E-state index in [-0.39, 0.29) is 0 Å². The third-order valence-electron chi connectivity index (χ3n) is 10.5. The standard InChI is InChI=1S/C48H28O2/c1-2-12-31-26-32(21-20-29(31)10-1)42-28-49-43-25-24-41-35-23-22-33(27-44(35)50-48(41)47(42)43)45-37-15-5-7-17-39(37)46(40-18-8-6-16-38(40)45)36-19-9-13-30-11-3-4-14-34(30)36/h1-28H. The smallest absolute Gasteiger partial charge is 0.147 e. The van der Waals surface area contributed by atoms with Crippen molar-refractivity contribution < 1.29 is 8.83 Å². The summed E-state index contributed by atoms with van der Waals surface area (Å²) in [6.07, 6.45) is 1.86. The van der Waals surface area contributed by atoms with E-state index in [1.54, 1.807) is 0 Å². The minimum absolute atomic E-state index is 0.820. The number of hydrogen-bond acceptors (Lipinski definition) is 2. The van der Waals surface area contributed by atoms with Crippen LogP contribution in [0.2, 0.25) is 0 Å². The van der Waals surface area contributed by atoms with E-state index in [4.69, 9.17) is 8.83 Å². The Morgan fingerprint density at radius 3 is 1.74 bits per heavy atom. The molecule has 0 N–H and O–H groups in total. The van der Waals surface area contributed by atoms with E-state index in [1.165, 1.54) is 59.8 Å². The van der Waals surface area contributed by atoms with Crippen molar-refractivity contribution in [3.05, 3.63) is 170 Å². The van der Waals surface area contributed by atoms with E-state index in [0.717, 1.165) is 49.6 Å². The fourth-order valence-electron chi connectivity index (χ4n) is 8.25. The highest BCUT2D eigenvalue weighted by molar-refractivity contribution is 6.24. The molecule has 0 fully saturated rings. The van der Waals surface area contributed by atoms with Crippen LogP contribution in [-0.4, -0.2) is 0 Å². The van der Waals surface area contributed by atoms with Crippen LogP contribution >= 0.6 is 0 Å². The maximum Gasteiger partial charge on any atom is 0.147 e. The van der Waals surface area contributed by atoms with Gasteiger partial charge in [-0.1, -0.05) is 133 Å². The molecule has 2 heterocycles. The Balaban J connectivity index is 1.16. The van der Waals surface area contributed by atoms with Gasteiger partial charge in [0.25, 0.3) is 0 Å². The zero-order chi connectivity index (χ0) is 32.8. The first kappa shape index (κ1) is 27.3. The highest BCUT2D eigenvalue weighted by Crippen LogP contribution is 2.47. The molecule has 9 aromatic carbocycles. The zero-order valence-electron chi connectivity index (χ0n) is 27.0. The van der Waals surface area contributed by atoms with Crippen molar-refractivity contribution >= 4 is 76.0 Å². The average Bonchev–Trinajstić information content (AvgIpc) is 3.78. The summed E-state index contributed by atoms with van der Waals surface area (Å²) in [6, 6.07) is 58.9. The molecule has 11 aromatic rings. The number of fused-ring (bicyclic) bond motifs is 9. The van der Waals surface area contributed by atoms with Crippen LogP contribution in [0, 0.1) is 0 Å². The molecular formula is C48H28O2. The second-order valence-electron chi connectivity index (χ2n) is 13.2. The Labute approximate surface area is 287 Å². The third kappa shape index (κ3) is 3.90. The van der Waals surface area contributed by atoms with E-state index in [2.05, 4.69) is 164 Å². The summed E-state index contributed by atoms with van der Waals surface area (Å²) in [6.45, 7) is 0. The fourth-order valence-corrected chi connectivity index (χ4v) is 8.25. The minimum Gasteiger partial charge on any atom is -0.464 e. The first-order valence-electron chi connectivity index (χ1n) is 17.1. The summed E-state index contributed by atoms with van der Waals surface area (Å²) in [5.41, 5.74) is 9.55. The van der Waals surface area contributed by atoms with Gasteiger partial charge in [-0.15, -0.1) is 0 Å². The van der Waals surface area contributed by atoms with E-state index < -0.39 is 0 Å². The second kappa shape index (κ2) is 10.4. The van der Waals surface area contributed by atoms with Crippen molar-refractivity contribution in [2.24, 2.45) is 0 Å².